The number of halogens is 1. The second kappa shape index (κ2) is 6.75. The van der Waals surface area contributed by atoms with Crippen molar-refractivity contribution in [1.82, 2.24) is 10.2 Å². The predicted molar refractivity (Wildman–Crippen MR) is 105 cm³/mol. The summed E-state index contributed by atoms with van der Waals surface area (Å²) in [7, 11) is 2.09. The number of hydrogen-bond acceptors (Lipinski definition) is 6. The van der Waals surface area contributed by atoms with Crippen molar-refractivity contribution < 1.29 is 14.6 Å². The van der Waals surface area contributed by atoms with Gasteiger partial charge in [0.25, 0.3) is 5.91 Å². The number of aromatic hydroxyl groups is 1. The number of ether oxygens (including phenoxy) is 1. The van der Waals surface area contributed by atoms with Crippen molar-refractivity contribution in [3.63, 3.8) is 0 Å². The topological polar surface area (TPSA) is 73.8 Å². The summed E-state index contributed by atoms with van der Waals surface area (Å²) in [6, 6.07) is 3.51. The molecule has 26 heavy (non-hydrogen) atoms. The Hall–Kier alpha value is -1.77. The van der Waals surface area contributed by atoms with Crippen molar-refractivity contribution in [3.8, 4) is 11.5 Å². The van der Waals surface area contributed by atoms with E-state index in [2.05, 4.69) is 38.5 Å². The van der Waals surface area contributed by atoms with Gasteiger partial charge in [-0.25, -0.2) is 0 Å². The minimum absolute atomic E-state index is 0.0392. The van der Waals surface area contributed by atoms with Crippen LogP contribution >= 0.6 is 27.3 Å². The molecule has 6 nitrogen and oxygen atoms in total. The summed E-state index contributed by atoms with van der Waals surface area (Å²) in [6.07, 6.45) is 0.373. The number of thiophene rings is 1. The van der Waals surface area contributed by atoms with Gasteiger partial charge in [-0.3, -0.25) is 4.79 Å². The van der Waals surface area contributed by atoms with E-state index < -0.39 is 6.17 Å². The molecule has 1 atom stereocenters. The third-order valence-corrected chi connectivity index (χ3v) is 6.31. The number of likely N-dealkylation sites (N-methyl/N-ethyl adjacent to an activating group) is 1. The monoisotopic (exact) mass is 437 g/mol. The Kier molecular flexibility index (Phi) is 4.58. The Morgan fingerprint density at radius 2 is 2.23 bits per heavy atom. The molecule has 1 amide bonds. The van der Waals surface area contributed by atoms with Crippen LogP contribution in [0, 0.1) is 0 Å². The largest absolute Gasteiger partial charge is 0.504 e. The van der Waals surface area contributed by atoms with E-state index in [-0.39, 0.29) is 11.7 Å². The van der Waals surface area contributed by atoms with E-state index >= 15 is 0 Å². The average Bonchev–Trinajstić information content (AvgIpc) is 2.95. The van der Waals surface area contributed by atoms with Crippen molar-refractivity contribution in [2.24, 2.45) is 0 Å². The van der Waals surface area contributed by atoms with E-state index in [1.165, 1.54) is 4.88 Å². The zero-order valence-corrected chi connectivity index (χ0v) is 17.0. The van der Waals surface area contributed by atoms with Crippen molar-refractivity contribution in [3.05, 3.63) is 38.2 Å². The van der Waals surface area contributed by atoms with Crippen molar-refractivity contribution >= 4 is 38.2 Å². The number of amides is 1. The number of benzene rings is 1. The van der Waals surface area contributed by atoms with Crippen LogP contribution in [0.1, 0.15) is 39.5 Å². The molecule has 0 unspecified atom stereocenters. The first kappa shape index (κ1) is 17.6. The first-order chi connectivity index (χ1) is 12.5. The Labute approximate surface area is 164 Å². The molecule has 3 heterocycles. The van der Waals surface area contributed by atoms with Gasteiger partial charge < -0.3 is 25.4 Å². The summed E-state index contributed by atoms with van der Waals surface area (Å²) < 4.78 is 6.28. The average molecular weight is 438 g/mol. The lowest BCUT2D eigenvalue weighted by molar-refractivity contribution is 0.0934. The van der Waals surface area contributed by atoms with Gasteiger partial charge in [0.2, 0.25) is 0 Å². The molecule has 0 fully saturated rings. The summed E-state index contributed by atoms with van der Waals surface area (Å²) in [4.78, 5) is 16.3. The van der Waals surface area contributed by atoms with Crippen LogP contribution in [0.15, 0.2) is 16.6 Å². The maximum Gasteiger partial charge on any atom is 0.256 e. The second-order valence-electron chi connectivity index (χ2n) is 6.52. The maximum atomic E-state index is 12.8. The summed E-state index contributed by atoms with van der Waals surface area (Å²) in [5.41, 5.74) is 2.49. The highest BCUT2D eigenvalue weighted by atomic mass is 79.9. The molecule has 8 heteroatoms. The molecule has 3 N–H and O–H groups in total. The fourth-order valence-electron chi connectivity index (χ4n) is 3.48. The van der Waals surface area contributed by atoms with Crippen molar-refractivity contribution in [2.75, 3.05) is 25.5 Å². The predicted octanol–water partition coefficient (Wildman–Crippen LogP) is 3.46. The lowest BCUT2D eigenvalue weighted by Gasteiger charge is -2.28. The van der Waals surface area contributed by atoms with Crippen molar-refractivity contribution in [2.45, 2.75) is 26.1 Å². The van der Waals surface area contributed by atoms with Crippen LogP contribution in [0.25, 0.3) is 0 Å². The zero-order valence-electron chi connectivity index (χ0n) is 14.6. The molecule has 0 saturated heterocycles. The highest BCUT2D eigenvalue weighted by molar-refractivity contribution is 9.10. The zero-order chi connectivity index (χ0) is 18.4. The summed E-state index contributed by atoms with van der Waals surface area (Å²) in [5, 5.41) is 17.8. The molecule has 2 aliphatic rings. The molecule has 0 aliphatic carbocycles. The molecular formula is C18H20BrN3O3S. The van der Waals surface area contributed by atoms with Gasteiger partial charge in [-0.05, 0) is 38.1 Å². The molecule has 0 spiro atoms. The fraction of sp³-hybridized carbons (Fsp3) is 0.389. The van der Waals surface area contributed by atoms with Gasteiger partial charge >= 0.3 is 0 Å². The number of carbonyl (C=O) groups excluding carboxylic acids is 1. The van der Waals surface area contributed by atoms with Crippen molar-refractivity contribution in [1.29, 1.82) is 0 Å². The molecule has 1 aromatic heterocycles. The minimum Gasteiger partial charge on any atom is -0.504 e. The lowest BCUT2D eigenvalue weighted by Crippen LogP contribution is -2.38. The van der Waals surface area contributed by atoms with Crippen LogP contribution < -0.4 is 15.4 Å². The van der Waals surface area contributed by atoms with Gasteiger partial charge in [0.05, 0.1) is 12.2 Å². The molecule has 0 saturated carbocycles. The van der Waals surface area contributed by atoms with Gasteiger partial charge in [0, 0.05) is 28.0 Å². The third-order valence-electron chi connectivity index (χ3n) is 4.71. The quantitative estimate of drug-likeness (QED) is 0.685. The SMILES string of the molecule is CCOc1cc(Br)cc([C@H]2NC(=O)c3c(sc4c3CCN(C)C4)N2)c1O. The van der Waals surface area contributed by atoms with Gasteiger partial charge in [0.15, 0.2) is 11.5 Å². The Balaban J connectivity index is 1.71. The van der Waals surface area contributed by atoms with E-state index in [4.69, 9.17) is 4.74 Å². The summed E-state index contributed by atoms with van der Waals surface area (Å²) in [6.45, 7) is 4.13. The number of hydrogen-bond donors (Lipinski definition) is 3. The molecular weight excluding hydrogens is 418 g/mol. The van der Waals surface area contributed by atoms with E-state index in [0.29, 0.717) is 17.9 Å². The third kappa shape index (κ3) is 2.95. The maximum absolute atomic E-state index is 12.8. The van der Waals surface area contributed by atoms with Crippen LogP contribution in [0.3, 0.4) is 0 Å². The lowest BCUT2D eigenvalue weighted by atomic mass is 10.0. The van der Waals surface area contributed by atoms with E-state index in [1.54, 1.807) is 23.5 Å². The molecule has 1 aromatic carbocycles. The minimum atomic E-state index is -0.510. The first-order valence-corrected chi connectivity index (χ1v) is 10.1. The van der Waals surface area contributed by atoms with E-state index in [1.807, 2.05) is 6.92 Å². The first-order valence-electron chi connectivity index (χ1n) is 8.53. The molecule has 0 radical (unpaired) electrons. The van der Waals surface area contributed by atoms with Crippen LogP contribution in [0.4, 0.5) is 5.00 Å². The molecule has 2 aromatic rings. The van der Waals surface area contributed by atoms with Gasteiger partial charge in [-0.2, -0.15) is 0 Å². The Bertz CT molecular complexity index is 883. The summed E-state index contributed by atoms with van der Waals surface area (Å²) >= 11 is 5.08. The normalized spacial score (nSPS) is 19.3. The highest BCUT2D eigenvalue weighted by Crippen LogP contribution is 2.43. The van der Waals surface area contributed by atoms with E-state index in [0.717, 1.165) is 40.1 Å². The number of phenols is 1. The molecule has 138 valence electrons. The van der Waals surface area contributed by atoms with Crippen LogP contribution in [-0.4, -0.2) is 36.1 Å². The van der Waals surface area contributed by atoms with Crippen LogP contribution in [0.2, 0.25) is 0 Å². The Morgan fingerprint density at radius 3 is 3.00 bits per heavy atom. The standard InChI is InChI=1S/C18H20BrN3O3S/c1-3-25-12-7-9(19)6-11(15(12)23)16-20-17(24)14-10-4-5-22(2)8-13(10)26-18(14)21-16/h6-7,16,21,23H,3-5,8H2,1-2H3,(H,20,24)/t16-/m0/s1. The number of phenolic OH excluding ortho intramolecular Hbond substituents is 1. The van der Waals surface area contributed by atoms with Crippen LogP contribution in [-0.2, 0) is 13.0 Å². The van der Waals surface area contributed by atoms with Crippen LogP contribution in [0.5, 0.6) is 11.5 Å². The number of rotatable bonds is 3. The molecule has 4 rings (SSSR count). The summed E-state index contributed by atoms with van der Waals surface area (Å²) in [5.74, 6) is 0.339. The number of anilines is 1. The molecule has 0 bridgehead atoms. The number of nitrogens with one attached hydrogen (secondary N) is 2. The van der Waals surface area contributed by atoms with Gasteiger partial charge in [-0.15, -0.1) is 11.3 Å². The fourth-order valence-corrected chi connectivity index (χ4v) is 5.29. The van der Waals surface area contributed by atoms with Gasteiger partial charge in [0.1, 0.15) is 11.2 Å². The number of nitrogens with zero attached hydrogens (tertiary/aromatic N) is 1. The Morgan fingerprint density at radius 1 is 1.42 bits per heavy atom. The number of carbonyl (C=O) groups is 1. The number of fused-ring (bicyclic) bond motifs is 3. The molecule has 2 aliphatic heterocycles. The highest BCUT2D eigenvalue weighted by Gasteiger charge is 2.34. The van der Waals surface area contributed by atoms with Gasteiger partial charge in [-0.1, -0.05) is 15.9 Å². The smallest absolute Gasteiger partial charge is 0.256 e. The van der Waals surface area contributed by atoms with E-state index in [9.17, 15) is 9.90 Å². The second-order valence-corrected chi connectivity index (χ2v) is 8.54.